The van der Waals surface area contributed by atoms with E-state index in [2.05, 4.69) is 29.5 Å². The first-order valence-electron chi connectivity index (χ1n) is 3.04. The first kappa shape index (κ1) is 6.81. The average Bonchev–Trinajstić information content (AvgIpc) is 1.64. The Morgan fingerprint density at radius 3 is 2.75 bits per heavy atom. The summed E-state index contributed by atoms with van der Waals surface area (Å²) in [5.74, 6) is 0. The van der Waals surface area contributed by atoms with E-state index in [0.717, 1.165) is 10.5 Å². The topological polar surface area (TPSA) is 9.23 Å². The second-order valence-corrected chi connectivity index (χ2v) is 4.06. The van der Waals surface area contributed by atoms with Crippen molar-refractivity contribution in [2.45, 2.75) is 29.8 Å². The molecule has 1 heterocycles. The molecule has 0 aromatic rings. The van der Waals surface area contributed by atoms with Gasteiger partial charge in [0.05, 0.1) is 6.10 Å². The standard InChI is InChI=1S/C6H11IO/c1-5-4-6(7)2-3-8-5/h5-6H,2-4H2,1H3/t5-,6-/m1/s1. The van der Waals surface area contributed by atoms with Gasteiger partial charge in [0.25, 0.3) is 0 Å². The van der Waals surface area contributed by atoms with E-state index in [-0.39, 0.29) is 0 Å². The Balaban J connectivity index is 2.23. The van der Waals surface area contributed by atoms with Crippen molar-refractivity contribution in [2.75, 3.05) is 6.61 Å². The maximum absolute atomic E-state index is 5.34. The molecule has 0 spiro atoms. The summed E-state index contributed by atoms with van der Waals surface area (Å²) in [5, 5.41) is 0. The normalized spacial score (nSPS) is 39.8. The zero-order chi connectivity index (χ0) is 5.98. The quantitative estimate of drug-likeness (QED) is 0.453. The molecule has 0 aromatic carbocycles. The third-order valence-electron chi connectivity index (χ3n) is 1.42. The molecular formula is C6H11IO. The summed E-state index contributed by atoms with van der Waals surface area (Å²) in [6.45, 7) is 3.11. The van der Waals surface area contributed by atoms with Gasteiger partial charge in [0.1, 0.15) is 0 Å². The first-order valence-corrected chi connectivity index (χ1v) is 4.29. The van der Waals surface area contributed by atoms with Crippen LogP contribution < -0.4 is 0 Å². The summed E-state index contributed by atoms with van der Waals surface area (Å²) >= 11 is 2.49. The minimum Gasteiger partial charge on any atom is -0.378 e. The molecular weight excluding hydrogens is 215 g/mol. The van der Waals surface area contributed by atoms with E-state index in [1.165, 1.54) is 12.8 Å². The van der Waals surface area contributed by atoms with Crippen LogP contribution in [0.2, 0.25) is 0 Å². The molecule has 0 amide bonds. The van der Waals surface area contributed by atoms with Gasteiger partial charge in [-0.15, -0.1) is 0 Å². The summed E-state index contributed by atoms with van der Waals surface area (Å²) in [7, 11) is 0. The third-order valence-corrected chi connectivity index (χ3v) is 2.55. The van der Waals surface area contributed by atoms with Crippen LogP contribution >= 0.6 is 22.6 Å². The summed E-state index contributed by atoms with van der Waals surface area (Å²) < 4.78 is 6.20. The van der Waals surface area contributed by atoms with E-state index in [4.69, 9.17) is 4.74 Å². The fourth-order valence-electron chi connectivity index (χ4n) is 0.943. The SMILES string of the molecule is C[C@@H]1C[C@H](I)CCO1. The number of hydrogen-bond acceptors (Lipinski definition) is 1. The zero-order valence-corrected chi connectivity index (χ0v) is 7.22. The fourth-order valence-corrected chi connectivity index (χ4v) is 1.91. The molecule has 0 aliphatic carbocycles. The lowest BCUT2D eigenvalue weighted by Gasteiger charge is -2.22. The monoisotopic (exact) mass is 226 g/mol. The van der Waals surface area contributed by atoms with Crippen LogP contribution in [0.1, 0.15) is 19.8 Å². The van der Waals surface area contributed by atoms with E-state index in [1.54, 1.807) is 0 Å². The van der Waals surface area contributed by atoms with Gasteiger partial charge >= 0.3 is 0 Å². The number of alkyl halides is 1. The van der Waals surface area contributed by atoms with E-state index in [1.807, 2.05) is 0 Å². The lowest BCUT2D eigenvalue weighted by atomic mass is 10.1. The molecule has 1 aliphatic heterocycles. The average molecular weight is 226 g/mol. The Labute approximate surface area is 63.9 Å². The van der Waals surface area contributed by atoms with Crippen molar-refractivity contribution in [3.8, 4) is 0 Å². The van der Waals surface area contributed by atoms with Gasteiger partial charge in [0.2, 0.25) is 0 Å². The number of ether oxygens (including phenoxy) is 1. The molecule has 1 rings (SSSR count). The fraction of sp³-hybridized carbons (Fsp3) is 1.00. The Bertz CT molecular complexity index is 66.9. The summed E-state index contributed by atoms with van der Waals surface area (Å²) in [4.78, 5) is 0. The van der Waals surface area contributed by atoms with Gasteiger partial charge in [-0.1, -0.05) is 22.6 Å². The molecule has 0 N–H and O–H groups in total. The van der Waals surface area contributed by atoms with E-state index < -0.39 is 0 Å². The highest BCUT2D eigenvalue weighted by molar-refractivity contribution is 14.1. The molecule has 0 bridgehead atoms. The van der Waals surface area contributed by atoms with Crippen LogP contribution in [0.15, 0.2) is 0 Å². The number of halogens is 1. The Morgan fingerprint density at radius 1 is 1.62 bits per heavy atom. The van der Waals surface area contributed by atoms with Crippen LogP contribution in [0.5, 0.6) is 0 Å². The lowest BCUT2D eigenvalue weighted by molar-refractivity contribution is 0.0335. The van der Waals surface area contributed by atoms with Gasteiger partial charge in [-0.2, -0.15) is 0 Å². The molecule has 1 fully saturated rings. The van der Waals surface area contributed by atoms with E-state index in [9.17, 15) is 0 Å². The number of hydrogen-bond donors (Lipinski definition) is 0. The summed E-state index contributed by atoms with van der Waals surface area (Å²) in [6, 6.07) is 0. The third kappa shape index (κ3) is 1.90. The summed E-state index contributed by atoms with van der Waals surface area (Å²) in [6.07, 6.45) is 2.98. The van der Waals surface area contributed by atoms with Crippen LogP contribution in [0, 0.1) is 0 Å². The van der Waals surface area contributed by atoms with E-state index in [0.29, 0.717) is 6.10 Å². The molecule has 1 aliphatic rings. The highest BCUT2D eigenvalue weighted by atomic mass is 127. The van der Waals surface area contributed by atoms with Gasteiger partial charge in [0.15, 0.2) is 0 Å². The van der Waals surface area contributed by atoms with Crippen molar-refractivity contribution in [3.05, 3.63) is 0 Å². The van der Waals surface area contributed by atoms with Crippen LogP contribution in [-0.4, -0.2) is 16.6 Å². The molecule has 48 valence electrons. The molecule has 1 saturated heterocycles. The van der Waals surface area contributed by atoms with Crippen molar-refractivity contribution in [1.29, 1.82) is 0 Å². The van der Waals surface area contributed by atoms with Crippen molar-refractivity contribution in [3.63, 3.8) is 0 Å². The molecule has 0 radical (unpaired) electrons. The van der Waals surface area contributed by atoms with Gasteiger partial charge in [-0.25, -0.2) is 0 Å². The Kier molecular flexibility index (Phi) is 2.56. The highest BCUT2D eigenvalue weighted by Crippen LogP contribution is 2.19. The first-order chi connectivity index (χ1) is 3.79. The zero-order valence-electron chi connectivity index (χ0n) is 5.06. The number of rotatable bonds is 0. The molecule has 8 heavy (non-hydrogen) atoms. The molecule has 0 saturated carbocycles. The lowest BCUT2D eigenvalue weighted by Crippen LogP contribution is -2.22. The largest absolute Gasteiger partial charge is 0.378 e. The van der Waals surface area contributed by atoms with Crippen LogP contribution in [0.3, 0.4) is 0 Å². The van der Waals surface area contributed by atoms with E-state index >= 15 is 0 Å². The second kappa shape index (κ2) is 3.01. The minimum atomic E-state index is 0.505. The van der Waals surface area contributed by atoms with Crippen LogP contribution in [0.4, 0.5) is 0 Å². The van der Waals surface area contributed by atoms with Gasteiger partial charge in [-0.3, -0.25) is 0 Å². The molecule has 0 aromatic heterocycles. The Hall–Kier alpha value is 0.690. The molecule has 1 nitrogen and oxygen atoms in total. The predicted molar refractivity (Wildman–Crippen MR) is 42.5 cm³/mol. The van der Waals surface area contributed by atoms with Crippen molar-refractivity contribution >= 4 is 22.6 Å². The molecule has 0 unspecified atom stereocenters. The van der Waals surface area contributed by atoms with Crippen LogP contribution in [0.25, 0.3) is 0 Å². The Morgan fingerprint density at radius 2 is 2.38 bits per heavy atom. The summed E-state index contributed by atoms with van der Waals surface area (Å²) in [5.41, 5.74) is 0. The van der Waals surface area contributed by atoms with Gasteiger partial charge in [0, 0.05) is 10.5 Å². The maximum Gasteiger partial charge on any atom is 0.0557 e. The van der Waals surface area contributed by atoms with Crippen molar-refractivity contribution < 1.29 is 4.74 Å². The maximum atomic E-state index is 5.34. The smallest absolute Gasteiger partial charge is 0.0557 e. The van der Waals surface area contributed by atoms with Gasteiger partial charge in [-0.05, 0) is 19.8 Å². The van der Waals surface area contributed by atoms with Crippen LogP contribution in [-0.2, 0) is 4.74 Å². The van der Waals surface area contributed by atoms with Crippen molar-refractivity contribution in [1.82, 2.24) is 0 Å². The highest BCUT2D eigenvalue weighted by Gasteiger charge is 2.15. The van der Waals surface area contributed by atoms with Crippen molar-refractivity contribution in [2.24, 2.45) is 0 Å². The minimum absolute atomic E-state index is 0.505. The predicted octanol–water partition coefficient (Wildman–Crippen LogP) is 1.99. The molecule has 2 heteroatoms. The molecule has 2 atom stereocenters. The van der Waals surface area contributed by atoms with Gasteiger partial charge < -0.3 is 4.74 Å². The second-order valence-electron chi connectivity index (χ2n) is 2.30.